The molecule has 0 bridgehead atoms. The quantitative estimate of drug-likeness (QED) is 0.823. The molecule has 1 fully saturated rings. The van der Waals surface area contributed by atoms with Gasteiger partial charge in [-0.3, -0.25) is 0 Å². The largest absolute Gasteiger partial charge is 0.476 e. The summed E-state index contributed by atoms with van der Waals surface area (Å²) < 4.78 is 0. The van der Waals surface area contributed by atoms with Crippen molar-refractivity contribution in [3.05, 3.63) is 23.5 Å². The first-order chi connectivity index (χ1) is 8.09. The second-order valence-corrected chi connectivity index (χ2v) is 4.42. The molecule has 1 aliphatic heterocycles. The van der Waals surface area contributed by atoms with Crippen molar-refractivity contribution >= 4 is 11.7 Å². The Hall–Kier alpha value is -1.62. The van der Waals surface area contributed by atoms with Gasteiger partial charge in [-0.2, -0.15) is 0 Å². The summed E-state index contributed by atoms with van der Waals surface area (Å²) in [7, 11) is 2.07. The zero-order chi connectivity index (χ0) is 12.4. The summed E-state index contributed by atoms with van der Waals surface area (Å²) in [6.45, 7) is 5.54. The number of carbonyl (C=O) groups is 1. The van der Waals surface area contributed by atoms with Crippen molar-refractivity contribution < 1.29 is 9.90 Å². The van der Waals surface area contributed by atoms with E-state index in [1.54, 1.807) is 6.20 Å². The number of piperazine rings is 1. The Bertz CT molecular complexity index is 426. The van der Waals surface area contributed by atoms with E-state index in [4.69, 9.17) is 0 Å². The van der Waals surface area contributed by atoms with Crippen LogP contribution in [0.3, 0.4) is 0 Å². The topological polar surface area (TPSA) is 56.7 Å². The van der Waals surface area contributed by atoms with E-state index in [0.29, 0.717) is 0 Å². The number of likely N-dealkylation sites (N-methyl/N-ethyl adjacent to an activating group) is 1. The Kier molecular flexibility index (Phi) is 3.28. The van der Waals surface area contributed by atoms with Gasteiger partial charge in [-0.1, -0.05) is 0 Å². The normalized spacial score (nSPS) is 17.2. The number of aromatic nitrogens is 1. The zero-order valence-corrected chi connectivity index (χ0v) is 10.2. The molecule has 0 radical (unpaired) electrons. The van der Waals surface area contributed by atoms with Gasteiger partial charge in [-0.25, -0.2) is 9.78 Å². The third-order valence-corrected chi connectivity index (χ3v) is 3.15. The number of pyridine rings is 1. The monoisotopic (exact) mass is 235 g/mol. The van der Waals surface area contributed by atoms with Crippen molar-refractivity contribution in [2.24, 2.45) is 0 Å². The van der Waals surface area contributed by atoms with E-state index in [-0.39, 0.29) is 5.69 Å². The average molecular weight is 235 g/mol. The van der Waals surface area contributed by atoms with Crippen molar-refractivity contribution in [2.45, 2.75) is 6.92 Å². The smallest absolute Gasteiger partial charge is 0.356 e. The molecule has 0 aliphatic carbocycles. The summed E-state index contributed by atoms with van der Waals surface area (Å²) in [5.41, 5.74) is 1.91. The molecule has 5 nitrogen and oxygen atoms in total. The number of rotatable bonds is 2. The van der Waals surface area contributed by atoms with Gasteiger partial charge < -0.3 is 14.9 Å². The summed E-state index contributed by atoms with van der Waals surface area (Å²) in [4.78, 5) is 19.5. The average Bonchev–Trinajstić information content (AvgIpc) is 2.30. The van der Waals surface area contributed by atoms with E-state index in [2.05, 4.69) is 21.8 Å². The Morgan fingerprint density at radius 2 is 2.00 bits per heavy atom. The number of nitrogens with zero attached hydrogens (tertiary/aromatic N) is 3. The van der Waals surface area contributed by atoms with Gasteiger partial charge in [0.15, 0.2) is 5.69 Å². The highest BCUT2D eigenvalue weighted by Crippen LogP contribution is 2.24. The first kappa shape index (κ1) is 11.9. The zero-order valence-electron chi connectivity index (χ0n) is 10.2. The highest BCUT2D eigenvalue weighted by Gasteiger charge is 2.22. The molecule has 1 aliphatic rings. The van der Waals surface area contributed by atoms with Gasteiger partial charge in [0.2, 0.25) is 0 Å². The Morgan fingerprint density at radius 3 is 2.59 bits per heavy atom. The van der Waals surface area contributed by atoms with E-state index in [0.717, 1.165) is 37.4 Å². The molecule has 1 aromatic heterocycles. The van der Waals surface area contributed by atoms with Crippen LogP contribution in [0.5, 0.6) is 0 Å². The Balaban J connectivity index is 2.33. The fourth-order valence-corrected chi connectivity index (χ4v) is 2.14. The lowest BCUT2D eigenvalue weighted by molar-refractivity contribution is 0.0691. The maximum Gasteiger partial charge on any atom is 0.356 e. The van der Waals surface area contributed by atoms with Gasteiger partial charge in [0.05, 0.1) is 5.69 Å². The van der Waals surface area contributed by atoms with Gasteiger partial charge in [0, 0.05) is 32.4 Å². The molecular formula is C12H17N3O2. The number of aryl methyl sites for hydroxylation is 1. The molecule has 0 saturated carbocycles. The molecule has 0 aromatic carbocycles. The highest BCUT2D eigenvalue weighted by molar-refractivity contribution is 5.93. The molecule has 0 spiro atoms. The van der Waals surface area contributed by atoms with Crippen molar-refractivity contribution in [3.8, 4) is 0 Å². The minimum Gasteiger partial charge on any atom is -0.476 e. The van der Waals surface area contributed by atoms with Crippen LogP contribution in [-0.2, 0) is 0 Å². The van der Waals surface area contributed by atoms with Gasteiger partial charge in [0.25, 0.3) is 0 Å². The summed E-state index contributed by atoms with van der Waals surface area (Å²) >= 11 is 0. The number of hydrogen-bond acceptors (Lipinski definition) is 4. The van der Waals surface area contributed by atoms with Crippen molar-refractivity contribution in [2.75, 3.05) is 38.1 Å². The lowest BCUT2D eigenvalue weighted by atomic mass is 10.1. The molecule has 1 aromatic rings. The van der Waals surface area contributed by atoms with Crippen LogP contribution in [0.1, 0.15) is 16.1 Å². The first-order valence-corrected chi connectivity index (χ1v) is 5.72. The van der Waals surface area contributed by atoms with Crippen LogP contribution < -0.4 is 4.90 Å². The van der Waals surface area contributed by atoms with Crippen LogP contribution in [0, 0.1) is 6.92 Å². The standard InChI is InChI=1S/C12H17N3O2/c1-9-3-4-13-10(12(16)17)11(9)15-7-5-14(2)6-8-15/h3-4H,5-8H2,1-2H3,(H,16,17). The molecule has 2 heterocycles. The van der Waals surface area contributed by atoms with Crippen LogP contribution in [0.2, 0.25) is 0 Å². The second-order valence-electron chi connectivity index (χ2n) is 4.42. The Morgan fingerprint density at radius 1 is 1.35 bits per heavy atom. The SMILES string of the molecule is Cc1ccnc(C(=O)O)c1N1CCN(C)CC1. The lowest BCUT2D eigenvalue weighted by Gasteiger charge is -2.35. The molecule has 17 heavy (non-hydrogen) atoms. The maximum atomic E-state index is 11.2. The third kappa shape index (κ3) is 2.39. The summed E-state index contributed by atoms with van der Waals surface area (Å²) in [5.74, 6) is -0.956. The molecule has 92 valence electrons. The fourth-order valence-electron chi connectivity index (χ4n) is 2.14. The molecule has 1 N–H and O–H groups in total. The molecule has 0 unspecified atom stereocenters. The molecular weight excluding hydrogens is 218 g/mol. The Labute approximate surface area is 101 Å². The van der Waals surface area contributed by atoms with Crippen molar-refractivity contribution in [1.82, 2.24) is 9.88 Å². The summed E-state index contributed by atoms with van der Waals surface area (Å²) in [6, 6.07) is 1.86. The van der Waals surface area contributed by atoms with Crippen LogP contribution in [0.15, 0.2) is 12.3 Å². The minimum absolute atomic E-state index is 0.162. The molecule has 2 rings (SSSR count). The predicted molar refractivity (Wildman–Crippen MR) is 65.6 cm³/mol. The van der Waals surface area contributed by atoms with E-state index in [9.17, 15) is 9.90 Å². The number of carboxylic acids is 1. The molecule has 5 heteroatoms. The number of carboxylic acid groups (broad SMARTS) is 1. The number of hydrogen-bond donors (Lipinski definition) is 1. The lowest BCUT2D eigenvalue weighted by Crippen LogP contribution is -2.45. The molecule has 0 amide bonds. The fraction of sp³-hybridized carbons (Fsp3) is 0.500. The van der Waals surface area contributed by atoms with E-state index in [1.165, 1.54) is 0 Å². The van der Waals surface area contributed by atoms with Crippen LogP contribution in [-0.4, -0.2) is 54.2 Å². The van der Waals surface area contributed by atoms with Gasteiger partial charge in [0.1, 0.15) is 0 Å². The first-order valence-electron chi connectivity index (χ1n) is 5.72. The number of anilines is 1. The second kappa shape index (κ2) is 4.71. The van der Waals surface area contributed by atoms with E-state index < -0.39 is 5.97 Å². The minimum atomic E-state index is -0.956. The van der Waals surface area contributed by atoms with Crippen LogP contribution >= 0.6 is 0 Å². The highest BCUT2D eigenvalue weighted by atomic mass is 16.4. The summed E-state index contributed by atoms with van der Waals surface area (Å²) in [5, 5.41) is 9.17. The summed E-state index contributed by atoms with van der Waals surface area (Å²) in [6.07, 6.45) is 1.55. The van der Waals surface area contributed by atoms with Crippen LogP contribution in [0.25, 0.3) is 0 Å². The van der Waals surface area contributed by atoms with Crippen LogP contribution in [0.4, 0.5) is 5.69 Å². The van der Waals surface area contributed by atoms with E-state index >= 15 is 0 Å². The predicted octanol–water partition coefficient (Wildman–Crippen LogP) is 0.840. The van der Waals surface area contributed by atoms with Gasteiger partial charge in [-0.15, -0.1) is 0 Å². The molecule has 0 atom stereocenters. The van der Waals surface area contributed by atoms with Gasteiger partial charge >= 0.3 is 5.97 Å². The molecule has 1 saturated heterocycles. The van der Waals surface area contributed by atoms with Gasteiger partial charge in [-0.05, 0) is 25.6 Å². The van der Waals surface area contributed by atoms with Crippen molar-refractivity contribution in [1.29, 1.82) is 0 Å². The van der Waals surface area contributed by atoms with Crippen molar-refractivity contribution in [3.63, 3.8) is 0 Å². The maximum absolute atomic E-state index is 11.2. The third-order valence-electron chi connectivity index (χ3n) is 3.15. The number of aromatic carboxylic acids is 1. The van der Waals surface area contributed by atoms with E-state index in [1.807, 2.05) is 13.0 Å².